The molecular formula is C29H25NO6S. The number of anilines is 1. The molecule has 188 valence electrons. The molecular weight excluding hydrogens is 490 g/mol. The average molecular weight is 516 g/mol. The summed E-state index contributed by atoms with van der Waals surface area (Å²) in [6.45, 7) is 0. The summed E-state index contributed by atoms with van der Waals surface area (Å²) in [4.78, 5) is 26.2. The van der Waals surface area contributed by atoms with E-state index in [2.05, 4.69) is 0 Å². The molecule has 0 bridgehead atoms. The molecule has 4 aromatic carbocycles. The molecule has 0 aliphatic rings. The molecule has 0 aliphatic carbocycles. The first kappa shape index (κ1) is 25.7. The molecule has 1 atom stereocenters. The Bertz CT molecular complexity index is 1490. The molecule has 0 N–H and O–H groups in total. The van der Waals surface area contributed by atoms with Crippen molar-refractivity contribution in [2.45, 2.75) is 11.0 Å². The first-order chi connectivity index (χ1) is 17.8. The van der Waals surface area contributed by atoms with E-state index in [0.29, 0.717) is 22.6 Å². The zero-order valence-electron chi connectivity index (χ0n) is 20.3. The molecule has 0 unspecified atom stereocenters. The number of ketones is 1. The molecule has 0 amide bonds. The van der Waals surface area contributed by atoms with Crippen LogP contribution in [0.25, 0.3) is 0 Å². The first-order valence-corrected chi connectivity index (χ1v) is 12.8. The normalized spacial score (nSPS) is 11.8. The number of carbonyl (C=O) groups is 2. The molecule has 7 nitrogen and oxygen atoms in total. The minimum Gasteiger partial charge on any atom is -0.495 e. The van der Waals surface area contributed by atoms with Crippen molar-refractivity contribution in [3.05, 3.63) is 126 Å². The number of esters is 1. The lowest BCUT2D eigenvalue weighted by Crippen LogP contribution is -2.27. The van der Waals surface area contributed by atoms with Gasteiger partial charge in [-0.05, 0) is 36.4 Å². The summed E-state index contributed by atoms with van der Waals surface area (Å²) in [7, 11) is -1.05. The largest absolute Gasteiger partial charge is 0.495 e. The number of ether oxygens (including phenoxy) is 2. The van der Waals surface area contributed by atoms with Crippen LogP contribution in [0.2, 0.25) is 0 Å². The number of hydrogen-bond donors (Lipinski definition) is 0. The highest BCUT2D eigenvalue weighted by Crippen LogP contribution is 2.31. The van der Waals surface area contributed by atoms with Crippen LogP contribution in [0.1, 0.15) is 32.4 Å². The molecule has 0 fully saturated rings. The van der Waals surface area contributed by atoms with E-state index in [1.807, 2.05) is 0 Å². The zero-order valence-corrected chi connectivity index (χ0v) is 21.1. The Morgan fingerprint density at radius 1 is 0.730 bits per heavy atom. The van der Waals surface area contributed by atoms with E-state index < -0.39 is 22.1 Å². The van der Waals surface area contributed by atoms with Crippen LogP contribution >= 0.6 is 0 Å². The van der Waals surface area contributed by atoms with Gasteiger partial charge >= 0.3 is 5.97 Å². The highest BCUT2D eigenvalue weighted by molar-refractivity contribution is 7.92. The van der Waals surface area contributed by atoms with Crippen LogP contribution in [0.5, 0.6) is 5.75 Å². The fourth-order valence-corrected chi connectivity index (χ4v) is 4.98. The maximum atomic E-state index is 13.2. The molecule has 0 aliphatic heterocycles. The number of benzene rings is 4. The van der Waals surface area contributed by atoms with Crippen LogP contribution in [0.4, 0.5) is 5.69 Å². The quantitative estimate of drug-likeness (QED) is 0.222. The maximum absolute atomic E-state index is 13.2. The summed E-state index contributed by atoms with van der Waals surface area (Å²) >= 11 is 0. The van der Waals surface area contributed by atoms with E-state index >= 15 is 0 Å². The van der Waals surface area contributed by atoms with Crippen molar-refractivity contribution in [1.82, 2.24) is 0 Å². The van der Waals surface area contributed by atoms with E-state index in [9.17, 15) is 18.0 Å². The van der Waals surface area contributed by atoms with Crippen LogP contribution in [0, 0.1) is 0 Å². The van der Waals surface area contributed by atoms with Gasteiger partial charge in [0, 0.05) is 18.2 Å². The maximum Gasteiger partial charge on any atom is 0.339 e. The lowest BCUT2D eigenvalue weighted by atomic mass is 10.00. The molecule has 0 saturated heterocycles. The van der Waals surface area contributed by atoms with Gasteiger partial charge in [-0.25, -0.2) is 13.2 Å². The second kappa shape index (κ2) is 11.1. The zero-order chi connectivity index (χ0) is 26.4. The standard InChI is InChI=1S/C29H25NO6S/c1-30(25-15-9-10-16-26(25)35-2)37(33,34)24-19-17-23(18-20-24)29(32)36-28(22-13-7-4-8-14-22)27(31)21-11-5-3-6-12-21/h3-20,28H,1-2H3/t28-/m0/s1. The molecule has 8 heteroatoms. The molecule has 0 saturated carbocycles. The first-order valence-electron chi connectivity index (χ1n) is 11.4. The molecule has 0 radical (unpaired) electrons. The third kappa shape index (κ3) is 5.54. The van der Waals surface area contributed by atoms with Crippen molar-refractivity contribution >= 4 is 27.5 Å². The fraction of sp³-hybridized carbons (Fsp3) is 0.103. The van der Waals surface area contributed by atoms with Gasteiger partial charge in [0.25, 0.3) is 10.0 Å². The highest BCUT2D eigenvalue weighted by Gasteiger charge is 2.28. The van der Waals surface area contributed by atoms with Gasteiger partial charge in [0.1, 0.15) is 5.75 Å². The van der Waals surface area contributed by atoms with Crippen molar-refractivity contribution in [2.75, 3.05) is 18.5 Å². The second-order valence-electron chi connectivity index (χ2n) is 8.10. The van der Waals surface area contributed by atoms with Crippen molar-refractivity contribution in [1.29, 1.82) is 0 Å². The van der Waals surface area contributed by atoms with E-state index in [4.69, 9.17) is 9.47 Å². The number of carbonyl (C=O) groups excluding carboxylic acids is 2. The second-order valence-corrected chi connectivity index (χ2v) is 10.1. The van der Waals surface area contributed by atoms with Crippen LogP contribution in [-0.4, -0.2) is 34.3 Å². The monoisotopic (exact) mass is 515 g/mol. The van der Waals surface area contributed by atoms with Gasteiger partial charge in [-0.2, -0.15) is 0 Å². The molecule has 0 spiro atoms. The van der Waals surface area contributed by atoms with Gasteiger partial charge < -0.3 is 9.47 Å². The Hall–Kier alpha value is -4.43. The Morgan fingerprint density at radius 3 is 1.92 bits per heavy atom. The van der Waals surface area contributed by atoms with Gasteiger partial charge in [-0.1, -0.05) is 72.8 Å². The minimum atomic E-state index is -3.94. The Balaban J connectivity index is 1.58. The molecule has 0 heterocycles. The average Bonchev–Trinajstić information content (AvgIpc) is 2.96. The Labute approximate surface area is 215 Å². The number of hydrogen-bond acceptors (Lipinski definition) is 6. The van der Waals surface area contributed by atoms with Gasteiger partial charge in [0.15, 0.2) is 6.10 Å². The van der Waals surface area contributed by atoms with Crippen LogP contribution in [0.15, 0.2) is 114 Å². The summed E-state index contributed by atoms with van der Waals surface area (Å²) in [5.41, 5.74) is 1.42. The molecule has 4 rings (SSSR count). The summed E-state index contributed by atoms with van der Waals surface area (Å²) in [5, 5.41) is 0. The molecule has 0 aromatic heterocycles. The van der Waals surface area contributed by atoms with Crippen molar-refractivity contribution in [2.24, 2.45) is 0 Å². The third-order valence-corrected chi connectivity index (χ3v) is 7.58. The van der Waals surface area contributed by atoms with Crippen LogP contribution in [-0.2, 0) is 14.8 Å². The number of sulfonamides is 1. The number of para-hydroxylation sites is 2. The fourth-order valence-electron chi connectivity index (χ4n) is 3.77. The van der Waals surface area contributed by atoms with E-state index in [1.165, 1.54) is 38.4 Å². The highest BCUT2D eigenvalue weighted by atomic mass is 32.2. The predicted molar refractivity (Wildman–Crippen MR) is 140 cm³/mol. The van der Waals surface area contributed by atoms with E-state index in [-0.39, 0.29) is 16.2 Å². The summed E-state index contributed by atoms with van der Waals surface area (Å²) < 4.78 is 38.4. The van der Waals surface area contributed by atoms with Crippen molar-refractivity contribution < 1.29 is 27.5 Å². The summed E-state index contributed by atoms with van der Waals surface area (Å²) in [5.74, 6) is -0.707. The minimum absolute atomic E-state index is 0.0163. The molecule has 37 heavy (non-hydrogen) atoms. The van der Waals surface area contributed by atoms with E-state index in [0.717, 1.165) is 4.31 Å². The lowest BCUT2D eigenvalue weighted by molar-refractivity contribution is 0.0280. The van der Waals surface area contributed by atoms with E-state index in [1.54, 1.807) is 84.9 Å². The van der Waals surface area contributed by atoms with Gasteiger partial charge in [0.2, 0.25) is 5.78 Å². The molecule has 4 aromatic rings. The smallest absolute Gasteiger partial charge is 0.339 e. The number of nitrogens with zero attached hydrogens (tertiary/aromatic N) is 1. The third-order valence-electron chi connectivity index (χ3n) is 5.80. The lowest BCUT2D eigenvalue weighted by Gasteiger charge is -2.21. The predicted octanol–water partition coefficient (Wildman–Crippen LogP) is 5.30. The van der Waals surface area contributed by atoms with Crippen LogP contribution in [0.3, 0.4) is 0 Å². The van der Waals surface area contributed by atoms with Crippen molar-refractivity contribution in [3.8, 4) is 5.75 Å². The van der Waals surface area contributed by atoms with Gasteiger partial charge in [-0.15, -0.1) is 0 Å². The SMILES string of the molecule is COc1ccccc1N(C)S(=O)(=O)c1ccc(C(=O)O[C@H](C(=O)c2ccccc2)c2ccccc2)cc1. The van der Waals surface area contributed by atoms with Gasteiger partial charge in [0.05, 0.1) is 23.3 Å². The Kier molecular flexibility index (Phi) is 7.69. The van der Waals surface area contributed by atoms with Crippen LogP contribution < -0.4 is 9.04 Å². The Morgan fingerprint density at radius 2 is 1.30 bits per heavy atom. The summed E-state index contributed by atoms with van der Waals surface area (Å²) in [6.07, 6.45) is -1.16. The number of rotatable bonds is 9. The number of methoxy groups -OCH3 is 1. The number of Topliss-reactive ketones (excluding diaryl/α,β-unsaturated/α-hetero) is 1. The van der Waals surface area contributed by atoms with Crippen molar-refractivity contribution in [3.63, 3.8) is 0 Å². The van der Waals surface area contributed by atoms with Gasteiger partial charge in [-0.3, -0.25) is 9.10 Å². The summed E-state index contributed by atoms with van der Waals surface area (Å²) in [6, 6.07) is 29.4. The topological polar surface area (TPSA) is 90.0 Å².